The molecule has 0 radical (unpaired) electrons. The normalized spacial score (nSPS) is 11.3. The van der Waals surface area contributed by atoms with E-state index in [-0.39, 0.29) is 17.6 Å². The van der Waals surface area contributed by atoms with E-state index in [1.807, 2.05) is 48.7 Å². The van der Waals surface area contributed by atoms with Gasteiger partial charge in [0.25, 0.3) is 5.95 Å². The average molecular weight is 415 g/mol. The smallest absolute Gasteiger partial charge is 0.264 e. The van der Waals surface area contributed by atoms with Crippen molar-refractivity contribution in [2.75, 3.05) is 22.3 Å². The molecule has 2 heterocycles. The van der Waals surface area contributed by atoms with Gasteiger partial charge in [0.2, 0.25) is 11.1 Å². The maximum atomic E-state index is 12.0. The minimum absolute atomic E-state index is 0.136. The standard InChI is InChI=1S/C17H18N8OS2/c1-12-10-27-16(20-12)21-14(26)11-28-17-24-23-15(25(17)18)22-19-9-5-8-13-6-3-2-4-7-13/h2-10H,11,18H2,1H3,(H,22,23)(H,20,21,26)/b8-5+,19-9+. The highest BCUT2D eigenvalue weighted by atomic mass is 32.2. The summed E-state index contributed by atoms with van der Waals surface area (Å²) in [7, 11) is 0. The number of aryl methyl sites for hydroxylation is 1. The summed E-state index contributed by atoms with van der Waals surface area (Å²) in [5, 5.41) is 17.4. The van der Waals surface area contributed by atoms with Crippen LogP contribution in [0.5, 0.6) is 0 Å². The van der Waals surface area contributed by atoms with Gasteiger partial charge in [0, 0.05) is 11.6 Å². The molecule has 0 spiro atoms. The third-order valence-electron chi connectivity index (χ3n) is 3.28. The number of nitrogen functional groups attached to an aromatic ring is 1. The Morgan fingerprint density at radius 3 is 2.93 bits per heavy atom. The molecule has 28 heavy (non-hydrogen) atoms. The number of nitrogens with zero attached hydrogens (tertiary/aromatic N) is 5. The van der Waals surface area contributed by atoms with Crippen LogP contribution < -0.4 is 16.6 Å². The van der Waals surface area contributed by atoms with Crippen LogP contribution in [0.25, 0.3) is 6.08 Å². The van der Waals surface area contributed by atoms with Crippen molar-refractivity contribution in [2.45, 2.75) is 12.1 Å². The van der Waals surface area contributed by atoms with Crippen LogP contribution in [-0.4, -0.2) is 37.7 Å². The Bertz CT molecular complexity index is 980. The molecule has 9 nitrogen and oxygen atoms in total. The highest BCUT2D eigenvalue weighted by molar-refractivity contribution is 7.99. The van der Waals surface area contributed by atoms with Crippen LogP contribution >= 0.6 is 23.1 Å². The number of hydrogen-bond acceptors (Lipinski definition) is 9. The van der Waals surface area contributed by atoms with Crippen LogP contribution in [0.1, 0.15) is 11.3 Å². The SMILES string of the molecule is Cc1csc(NC(=O)CSc2nnc(N/N=C/C=C/c3ccccc3)n2N)n1. The third kappa shape index (κ3) is 5.66. The van der Waals surface area contributed by atoms with Crippen molar-refractivity contribution in [3.8, 4) is 0 Å². The summed E-state index contributed by atoms with van der Waals surface area (Å²) in [6.07, 6.45) is 5.29. The van der Waals surface area contributed by atoms with Gasteiger partial charge in [-0.05, 0) is 18.6 Å². The topological polar surface area (TPSA) is 123 Å². The van der Waals surface area contributed by atoms with Gasteiger partial charge in [0.1, 0.15) is 0 Å². The minimum Gasteiger partial charge on any atom is -0.334 e. The van der Waals surface area contributed by atoms with Gasteiger partial charge in [-0.25, -0.2) is 15.1 Å². The summed E-state index contributed by atoms with van der Waals surface area (Å²) < 4.78 is 1.24. The van der Waals surface area contributed by atoms with E-state index >= 15 is 0 Å². The van der Waals surface area contributed by atoms with Gasteiger partial charge < -0.3 is 11.2 Å². The summed E-state index contributed by atoms with van der Waals surface area (Å²) in [5.74, 6) is 6.13. The molecule has 0 atom stereocenters. The number of carbonyl (C=O) groups excluding carboxylic acids is 1. The van der Waals surface area contributed by atoms with Gasteiger partial charge in [-0.2, -0.15) is 5.10 Å². The summed E-state index contributed by atoms with van der Waals surface area (Å²) in [6.45, 7) is 1.87. The number of allylic oxidation sites excluding steroid dienone is 1. The third-order valence-corrected chi connectivity index (χ3v) is 5.09. The number of anilines is 2. The van der Waals surface area contributed by atoms with E-state index in [9.17, 15) is 4.79 Å². The number of hydrazone groups is 1. The minimum atomic E-state index is -0.194. The Hall–Kier alpha value is -3.18. The summed E-state index contributed by atoms with van der Waals surface area (Å²) in [5.41, 5.74) is 4.65. The van der Waals surface area contributed by atoms with Crippen LogP contribution in [0.2, 0.25) is 0 Å². The van der Waals surface area contributed by atoms with E-state index < -0.39 is 0 Å². The lowest BCUT2D eigenvalue weighted by atomic mass is 10.2. The van der Waals surface area contributed by atoms with Crippen molar-refractivity contribution in [3.05, 3.63) is 53.0 Å². The molecule has 0 aliphatic rings. The van der Waals surface area contributed by atoms with Crippen molar-refractivity contribution in [2.24, 2.45) is 5.10 Å². The van der Waals surface area contributed by atoms with Crippen LogP contribution in [0.4, 0.5) is 11.1 Å². The zero-order valence-corrected chi connectivity index (χ0v) is 16.6. The van der Waals surface area contributed by atoms with Gasteiger partial charge in [-0.15, -0.1) is 21.5 Å². The number of hydrogen-bond donors (Lipinski definition) is 3. The Morgan fingerprint density at radius 1 is 1.36 bits per heavy atom. The zero-order valence-electron chi connectivity index (χ0n) is 14.9. The fourth-order valence-corrected chi connectivity index (χ4v) is 3.37. The molecule has 3 aromatic rings. The molecule has 1 amide bonds. The number of nitrogens with two attached hydrogens (primary N) is 1. The van der Waals surface area contributed by atoms with Gasteiger partial charge in [-0.3, -0.25) is 4.79 Å². The Morgan fingerprint density at radius 2 is 2.18 bits per heavy atom. The maximum Gasteiger partial charge on any atom is 0.264 e. The van der Waals surface area contributed by atoms with Crippen molar-refractivity contribution in [1.82, 2.24) is 19.9 Å². The van der Waals surface area contributed by atoms with E-state index in [0.717, 1.165) is 11.3 Å². The molecule has 0 aliphatic carbocycles. The van der Waals surface area contributed by atoms with E-state index in [1.54, 1.807) is 12.3 Å². The number of benzene rings is 1. The van der Waals surface area contributed by atoms with E-state index in [2.05, 4.69) is 31.0 Å². The summed E-state index contributed by atoms with van der Waals surface area (Å²) >= 11 is 2.54. The molecule has 11 heteroatoms. The first-order valence-corrected chi connectivity index (χ1v) is 10.0. The summed E-state index contributed by atoms with van der Waals surface area (Å²) in [4.78, 5) is 16.1. The molecule has 144 valence electrons. The molecule has 0 saturated carbocycles. The number of carbonyl (C=O) groups is 1. The van der Waals surface area contributed by atoms with Crippen LogP contribution in [0.3, 0.4) is 0 Å². The molecule has 3 rings (SSSR count). The summed E-state index contributed by atoms with van der Waals surface area (Å²) in [6, 6.07) is 9.86. The van der Waals surface area contributed by atoms with Gasteiger partial charge >= 0.3 is 0 Å². The molecular weight excluding hydrogens is 396 g/mol. The average Bonchev–Trinajstić information content (AvgIpc) is 3.26. The van der Waals surface area contributed by atoms with Crippen LogP contribution in [0.15, 0.2) is 52.0 Å². The molecule has 0 bridgehead atoms. The van der Waals surface area contributed by atoms with Crippen molar-refractivity contribution < 1.29 is 4.79 Å². The monoisotopic (exact) mass is 414 g/mol. The largest absolute Gasteiger partial charge is 0.334 e. The Labute approximate surface area is 169 Å². The number of amides is 1. The van der Waals surface area contributed by atoms with Crippen LogP contribution in [-0.2, 0) is 4.79 Å². The number of rotatable bonds is 8. The molecule has 4 N–H and O–H groups in total. The lowest BCUT2D eigenvalue weighted by molar-refractivity contribution is -0.113. The molecular formula is C17H18N8OS2. The van der Waals surface area contributed by atoms with Crippen molar-refractivity contribution >= 4 is 52.4 Å². The predicted molar refractivity (Wildman–Crippen MR) is 114 cm³/mol. The molecule has 0 fully saturated rings. The van der Waals surface area contributed by atoms with Crippen molar-refractivity contribution in [3.63, 3.8) is 0 Å². The van der Waals surface area contributed by atoms with Gasteiger partial charge in [0.05, 0.1) is 11.4 Å². The first kappa shape index (κ1) is 19.6. The highest BCUT2D eigenvalue weighted by Gasteiger charge is 2.12. The number of nitrogens with one attached hydrogen (secondary N) is 2. The Kier molecular flexibility index (Phi) is 6.76. The maximum absolute atomic E-state index is 12.0. The zero-order chi connectivity index (χ0) is 19.8. The van der Waals surface area contributed by atoms with E-state index in [0.29, 0.717) is 10.3 Å². The van der Waals surface area contributed by atoms with E-state index in [4.69, 9.17) is 5.84 Å². The van der Waals surface area contributed by atoms with Crippen molar-refractivity contribution in [1.29, 1.82) is 0 Å². The number of thiazole rings is 1. The lowest BCUT2D eigenvalue weighted by Gasteiger charge is -2.03. The fourth-order valence-electron chi connectivity index (χ4n) is 2.00. The highest BCUT2D eigenvalue weighted by Crippen LogP contribution is 2.18. The second-order valence-corrected chi connectivity index (χ2v) is 7.27. The second kappa shape index (κ2) is 9.67. The second-order valence-electron chi connectivity index (χ2n) is 5.47. The molecule has 0 aliphatic heterocycles. The number of thioether (sulfide) groups is 1. The predicted octanol–water partition coefficient (Wildman–Crippen LogP) is 2.60. The van der Waals surface area contributed by atoms with Crippen LogP contribution in [0, 0.1) is 6.92 Å². The molecule has 1 aromatic carbocycles. The quantitative estimate of drug-likeness (QED) is 0.224. The Balaban J connectivity index is 1.47. The first-order chi connectivity index (χ1) is 13.6. The number of aromatic nitrogens is 4. The van der Waals surface area contributed by atoms with E-state index in [1.165, 1.54) is 27.8 Å². The molecule has 0 saturated heterocycles. The van der Waals surface area contributed by atoms with Gasteiger partial charge in [0.15, 0.2) is 5.13 Å². The lowest BCUT2D eigenvalue weighted by Crippen LogP contribution is -2.16. The fraction of sp³-hybridized carbons (Fsp3) is 0.118. The molecule has 2 aromatic heterocycles. The first-order valence-electron chi connectivity index (χ1n) is 8.18. The molecule has 0 unspecified atom stereocenters. The van der Waals surface area contributed by atoms with Gasteiger partial charge in [-0.1, -0.05) is 48.2 Å².